The van der Waals surface area contributed by atoms with Crippen molar-refractivity contribution in [3.63, 3.8) is 0 Å². The summed E-state index contributed by atoms with van der Waals surface area (Å²) in [6, 6.07) is 12.6. The average molecular weight is 486 g/mol. The van der Waals surface area contributed by atoms with Crippen molar-refractivity contribution in [2.75, 3.05) is 13.1 Å². The molecule has 0 spiro atoms. The molecule has 3 rings (SSSR count). The van der Waals surface area contributed by atoms with Gasteiger partial charge in [-0.3, -0.25) is 14.4 Å². The normalized spacial score (nSPS) is 15.0. The third-order valence-electron chi connectivity index (χ3n) is 5.88. The average Bonchev–Trinajstić information content (AvgIpc) is 3.01. The summed E-state index contributed by atoms with van der Waals surface area (Å²) in [6.07, 6.45) is 2.07. The van der Waals surface area contributed by atoms with Crippen LogP contribution in [0.3, 0.4) is 0 Å². The van der Waals surface area contributed by atoms with Gasteiger partial charge in [0.15, 0.2) is 0 Å². The minimum absolute atomic E-state index is 0.0461. The maximum absolute atomic E-state index is 13.5. The fourth-order valence-corrected chi connectivity index (χ4v) is 5.44. The van der Waals surface area contributed by atoms with E-state index in [-0.39, 0.29) is 22.9 Å². The maximum Gasteiger partial charge on any atom is 0.269 e. The number of rotatable bonds is 10. The van der Waals surface area contributed by atoms with Crippen LogP contribution in [0.15, 0.2) is 53.4 Å². The van der Waals surface area contributed by atoms with Crippen molar-refractivity contribution in [2.24, 2.45) is 0 Å². The molecule has 1 aliphatic rings. The summed E-state index contributed by atoms with van der Waals surface area (Å²) in [5.41, 5.74) is 1.90. The van der Waals surface area contributed by atoms with Gasteiger partial charge < -0.3 is 10.2 Å². The van der Waals surface area contributed by atoms with Crippen LogP contribution in [0.2, 0.25) is 0 Å². The Kier molecular flexibility index (Phi) is 8.09. The number of benzene rings is 2. The van der Waals surface area contributed by atoms with Gasteiger partial charge in [-0.2, -0.15) is 0 Å². The number of carbonyl (C=O) groups is 3. The molecule has 9 heteroatoms. The molecule has 3 amide bonds. The predicted octanol–water partition coefficient (Wildman–Crippen LogP) is 2.86. The zero-order valence-corrected chi connectivity index (χ0v) is 20.6. The Morgan fingerprint density at radius 1 is 1.06 bits per heavy atom. The fourth-order valence-electron chi connectivity index (χ4n) is 3.92. The lowest BCUT2D eigenvalue weighted by Crippen LogP contribution is -2.52. The van der Waals surface area contributed by atoms with Crippen LogP contribution in [0.1, 0.15) is 54.6 Å². The van der Waals surface area contributed by atoms with E-state index in [0.717, 1.165) is 24.0 Å². The lowest BCUT2D eigenvalue weighted by molar-refractivity contribution is -0.141. The molecule has 182 valence electrons. The molecule has 0 fully saturated rings. The largest absolute Gasteiger partial charge is 0.354 e. The molecule has 1 N–H and O–H groups in total. The van der Waals surface area contributed by atoms with Crippen LogP contribution in [0.25, 0.3) is 0 Å². The van der Waals surface area contributed by atoms with Crippen LogP contribution in [0.4, 0.5) is 0 Å². The molecule has 1 unspecified atom stereocenters. The van der Waals surface area contributed by atoms with Crippen molar-refractivity contribution in [1.29, 1.82) is 0 Å². The molecule has 0 saturated carbocycles. The van der Waals surface area contributed by atoms with E-state index >= 15 is 0 Å². The van der Waals surface area contributed by atoms with E-state index in [1.807, 2.05) is 38.1 Å². The summed E-state index contributed by atoms with van der Waals surface area (Å²) in [6.45, 7) is 5.71. The third kappa shape index (κ3) is 5.30. The van der Waals surface area contributed by atoms with Crippen LogP contribution in [0.5, 0.6) is 0 Å². The van der Waals surface area contributed by atoms with Gasteiger partial charge in [-0.15, -0.1) is 0 Å². The Bertz CT molecular complexity index is 1160. The monoisotopic (exact) mass is 485 g/mol. The van der Waals surface area contributed by atoms with E-state index < -0.39 is 34.4 Å². The lowest BCUT2D eigenvalue weighted by Gasteiger charge is -2.31. The summed E-state index contributed by atoms with van der Waals surface area (Å²) in [5, 5.41) is 2.87. The van der Waals surface area contributed by atoms with Crippen molar-refractivity contribution in [3.8, 4) is 0 Å². The van der Waals surface area contributed by atoms with Gasteiger partial charge in [0.05, 0.1) is 5.56 Å². The quantitative estimate of drug-likeness (QED) is 0.521. The zero-order chi connectivity index (χ0) is 24.9. The number of aryl methyl sites for hydroxylation is 1. The highest BCUT2D eigenvalue weighted by molar-refractivity contribution is 7.90. The van der Waals surface area contributed by atoms with Crippen LogP contribution in [0, 0.1) is 6.92 Å². The number of fused-ring (bicyclic) bond motifs is 1. The Morgan fingerprint density at radius 3 is 2.35 bits per heavy atom. The minimum atomic E-state index is -4.14. The molecule has 34 heavy (non-hydrogen) atoms. The van der Waals surface area contributed by atoms with E-state index in [1.54, 1.807) is 13.0 Å². The van der Waals surface area contributed by atoms with E-state index in [0.29, 0.717) is 17.3 Å². The molecule has 2 aromatic carbocycles. The first-order valence-electron chi connectivity index (χ1n) is 11.5. The summed E-state index contributed by atoms with van der Waals surface area (Å²) in [4.78, 5) is 40.5. The topological polar surface area (TPSA) is 104 Å². The van der Waals surface area contributed by atoms with Crippen molar-refractivity contribution < 1.29 is 22.8 Å². The van der Waals surface area contributed by atoms with E-state index in [4.69, 9.17) is 0 Å². The van der Waals surface area contributed by atoms with Gasteiger partial charge in [0, 0.05) is 13.1 Å². The predicted molar refractivity (Wildman–Crippen MR) is 128 cm³/mol. The summed E-state index contributed by atoms with van der Waals surface area (Å²) < 4.78 is 26.5. The van der Waals surface area contributed by atoms with Gasteiger partial charge in [0.25, 0.3) is 15.9 Å². The second-order valence-electron chi connectivity index (χ2n) is 8.39. The highest BCUT2D eigenvalue weighted by atomic mass is 32.2. The molecule has 0 bridgehead atoms. The zero-order valence-electron chi connectivity index (χ0n) is 19.8. The minimum Gasteiger partial charge on any atom is -0.354 e. The highest BCUT2D eigenvalue weighted by Crippen LogP contribution is 2.30. The highest BCUT2D eigenvalue weighted by Gasteiger charge is 2.43. The second kappa shape index (κ2) is 10.8. The summed E-state index contributed by atoms with van der Waals surface area (Å²) in [5.74, 6) is -1.64. The van der Waals surface area contributed by atoms with Crippen LogP contribution < -0.4 is 5.32 Å². The van der Waals surface area contributed by atoms with Gasteiger partial charge in [0.1, 0.15) is 17.5 Å². The number of nitrogens with zero attached hydrogens (tertiary/aromatic N) is 2. The molecule has 0 aromatic heterocycles. The maximum atomic E-state index is 13.5. The molecular formula is C25H31N3O5S. The van der Waals surface area contributed by atoms with Gasteiger partial charge >= 0.3 is 0 Å². The van der Waals surface area contributed by atoms with Crippen molar-refractivity contribution >= 4 is 27.7 Å². The molecule has 1 aliphatic heterocycles. The first-order chi connectivity index (χ1) is 16.2. The molecule has 1 atom stereocenters. The number of unbranched alkanes of at least 4 members (excludes halogenated alkanes) is 1. The van der Waals surface area contributed by atoms with Crippen LogP contribution >= 0.6 is 0 Å². The molecule has 0 aliphatic carbocycles. The lowest BCUT2D eigenvalue weighted by atomic mass is 10.1. The SMILES string of the molecule is CCCCNC(=O)C(CC)N(Cc1ccc(C)cc1)C(=O)CN1C(=O)c2ccccc2S1(=O)=O. The van der Waals surface area contributed by atoms with Crippen LogP contribution in [-0.4, -0.2) is 54.5 Å². The summed E-state index contributed by atoms with van der Waals surface area (Å²) >= 11 is 0. The number of hydrogen-bond donors (Lipinski definition) is 1. The molecule has 8 nitrogen and oxygen atoms in total. The number of carbonyl (C=O) groups excluding carboxylic acids is 3. The molecular weight excluding hydrogens is 454 g/mol. The molecule has 1 heterocycles. The van der Waals surface area contributed by atoms with Crippen molar-refractivity contribution in [1.82, 2.24) is 14.5 Å². The molecule has 2 aromatic rings. The first-order valence-corrected chi connectivity index (χ1v) is 12.9. The summed E-state index contributed by atoms with van der Waals surface area (Å²) in [7, 11) is -4.14. The fraction of sp³-hybridized carbons (Fsp3) is 0.400. The van der Waals surface area contributed by atoms with Crippen molar-refractivity contribution in [3.05, 3.63) is 65.2 Å². The third-order valence-corrected chi connectivity index (χ3v) is 7.67. The Labute approximate surface area is 201 Å². The Morgan fingerprint density at radius 2 is 1.74 bits per heavy atom. The van der Waals surface area contributed by atoms with Gasteiger partial charge in [-0.1, -0.05) is 62.2 Å². The van der Waals surface area contributed by atoms with Crippen molar-refractivity contribution in [2.45, 2.75) is 57.5 Å². The smallest absolute Gasteiger partial charge is 0.269 e. The number of nitrogens with one attached hydrogen (secondary N) is 1. The Balaban J connectivity index is 1.89. The second-order valence-corrected chi connectivity index (χ2v) is 10.2. The van der Waals surface area contributed by atoms with E-state index in [9.17, 15) is 22.8 Å². The molecule has 0 saturated heterocycles. The van der Waals surface area contributed by atoms with E-state index in [1.165, 1.54) is 23.1 Å². The van der Waals surface area contributed by atoms with Gasteiger partial charge in [0.2, 0.25) is 11.8 Å². The van der Waals surface area contributed by atoms with Crippen LogP contribution in [-0.2, 0) is 26.2 Å². The van der Waals surface area contributed by atoms with Gasteiger partial charge in [-0.25, -0.2) is 12.7 Å². The first kappa shape index (κ1) is 25.4. The number of hydrogen-bond acceptors (Lipinski definition) is 5. The number of sulfonamides is 1. The van der Waals surface area contributed by atoms with E-state index in [2.05, 4.69) is 5.32 Å². The Hall–Kier alpha value is -3.20. The molecule has 0 radical (unpaired) electrons. The number of amides is 3. The standard InChI is InChI=1S/C25H31N3O5S/c1-4-6-15-26-24(30)21(5-2)27(16-19-13-11-18(3)12-14-19)23(29)17-28-25(31)20-9-7-8-10-22(20)34(28,32)33/h7-14,21H,4-6,15-17H2,1-3H3,(H,26,30). The van der Waals surface area contributed by atoms with Gasteiger partial charge in [-0.05, 0) is 37.5 Å².